The van der Waals surface area contributed by atoms with Gasteiger partial charge in [0.2, 0.25) is 6.41 Å². The fraction of sp³-hybridized carbons (Fsp3) is 0.192. The molecule has 0 fully saturated rings. The van der Waals surface area contributed by atoms with Gasteiger partial charge in [-0.3, -0.25) is 9.36 Å². The first-order valence-electron chi connectivity index (χ1n) is 10.5. The van der Waals surface area contributed by atoms with Gasteiger partial charge in [0.15, 0.2) is 0 Å². The van der Waals surface area contributed by atoms with Gasteiger partial charge in [0.1, 0.15) is 5.75 Å². The summed E-state index contributed by atoms with van der Waals surface area (Å²) in [4.78, 5) is 28.4. The lowest BCUT2D eigenvalue weighted by Gasteiger charge is -2.15. The van der Waals surface area contributed by atoms with E-state index in [1.807, 2.05) is 48.5 Å². The molecule has 0 aliphatic rings. The molecule has 0 aliphatic heterocycles. The Labute approximate surface area is 186 Å². The highest BCUT2D eigenvalue weighted by Crippen LogP contribution is 2.30. The zero-order valence-corrected chi connectivity index (χ0v) is 18.3. The van der Waals surface area contributed by atoms with E-state index in [-0.39, 0.29) is 5.69 Å². The van der Waals surface area contributed by atoms with Crippen LogP contribution in [0.4, 0.5) is 5.69 Å². The third kappa shape index (κ3) is 4.25. The summed E-state index contributed by atoms with van der Waals surface area (Å²) in [5, 5.41) is 3.48. The predicted octanol–water partition coefficient (Wildman–Crippen LogP) is 4.81. The lowest BCUT2D eigenvalue weighted by Crippen LogP contribution is -2.24. The number of rotatable bonds is 7. The van der Waals surface area contributed by atoms with Crippen molar-refractivity contribution in [3.05, 3.63) is 88.3 Å². The van der Waals surface area contributed by atoms with Crippen molar-refractivity contribution in [1.82, 2.24) is 9.55 Å². The van der Waals surface area contributed by atoms with E-state index in [0.29, 0.717) is 36.0 Å². The molecular formula is C26H25N3O3. The number of methoxy groups -OCH3 is 1. The van der Waals surface area contributed by atoms with Crippen molar-refractivity contribution in [3.63, 3.8) is 0 Å². The number of ether oxygens (including phenoxy) is 1. The molecule has 1 amide bonds. The van der Waals surface area contributed by atoms with Gasteiger partial charge in [-0.15, -0.1) is 0 Å². The molecule has 4 rings (SSSR count). The Kier molecular flexibility index (Phi) is 6.03. The van der Waals surface area contributed by atoms with Crippen molar-refractivity contribution in [3.8, 4) is 17.0 Å². The van der Waals surface area contributed by atoms with Gasteiger partial charge in [0.25, 0.3) is 0 Å². The van der Waals surface area contributed by atoms with Crippen molar-refractivity contribution in [2.24, 2.45) is 0 Å². The van der Waals surface area contributed by atoms with E-state index >= 15 is 0 Å². The fourth-order valence-electron chi connectivity index (χ4n) is 3.80. The van der Waals surface area contributed by atoms with Crippen LogP contribution in [0.25, 0.3) is 22.2 Å². The number of benzene rings is 3. The fourth-order valence-corrected chi connectivity index (χ4v) is 3.80. The Hall–Kier alpha value is -3.93. The van der Waals surface area contributed by atoms with Gasteiger partial charge < -0.3 is 10.1 Å². The number of carbonyl (C=O) groups excluding carboxylic acids is 1. The Morgan fingerprint density at radius 1 is 1.06 bits per heavy atom. The Morgan fingerprint density at radius 2 is 1.84 bits per heavy atom. The summed E-state index contributed by atoms with van der Waals surface area (Å²) in [6.07, 6.45) is 0.633. The number of aromatic nitrogens is 2. The van der Waals surface area contributed by atoms with Crippen LogP contribution in [0.5, 0.6) is 5.75 Å². The number of nitrogens with zero attached hydrogens (tertiary/aromatic N) is 2. The number of nitrogens with one attached hydrogen (secondary N) is 1. The molecule has 1 aromatic heterocycles. The van der Waals surface area contributed by atoms with E-state index in [2.05, 4.69) is 36.3 Å². The summed E-state index contributed by atoms with van der Waals surface area (Å²) >= 11 is 0. The molecule has 6 nitrogen and oxygen atoms in total. The minimum atomic E-state index is -0.334. The largest absolute Gasteiger partial charge is 0.497 e. The summed E-state index contributed by atoms with van der Waals surface area (Å²) < 4.78 is 7.08. The molecule has 6 heteroatoms. The second kappa shape index (κ2) is 9.06. The summed E-state index contributed by atoms with van der Waals surface area (Å²) in [5.74, 6) is 1.12. The van der Waals surface area contributed by atoms with E-state index in [1.165, 1.54) is 5.56 Å². The quantitative estimate of drug-likeness (QED) is 0.430. The van der Waals surface area contributed by atoms with Crippen LogP contribution in [0, 0.1) is 0 Å². The normalized spacial score (nSPS) is 11.0. The maximum absolute atomic E-state index is 13.1. The van der Waals surface area contributed by atoms with E-state index in [4.69, 9.17) is 4.74 Å². The van der Waals surface area contributed by atoms with Crippen LogP contribution in [-0.4, -0.2) is 23.1 Å². The van der Waals surface area contributed by atoms with Gasteiger partial charge in [0, 0.05) is 16.6 Å². The molecule has 0 radical (unpaired) electrons. The average Bonchev–Trinajstić information content (AvgIpc) is 2.81. The second-order valence-electron chi connectivity index (χ2n) is 7.95. The molecule has 0 saturated heterocycles. The Morgan fingerprint density at radius 3 is 2.53 bits per heavy atom. The van der Waals surface area contributed by atoms with Crippen LogP contribution in [0.2, 0.25) is 0 Å². The van der Waals surface area contributed by atoms with E-state index in [1.54, 1.807) is 17.7 Å². The molecule has 4 aromatic rings. The average molecular weight is 428 g/mol. The van der Waals surface area contributed by atoms with Crippen LogP contribution in [0.15, 0.2) is 71.5 Å². The van der Waals surface area contributed by atoms with Gasteiger partial charge >= 0.3 is 5.69 Å². The van der Waals surface area contributed by atoms with E-state index < -0.39 is 0 Å². The Balaban J connectivity index is 1.86. The highest BCUT2D eigenvalue weighted by atomic mass is 16.5. The molecule has 0 aliphatic carbocycles. The SMILES string of the molecule is COc1ccc2c(c1)c(-c1ccc(C(C)C)cc1)nc(=O)n2Cc1cccc(NC=O)c1. The van der Waals surface area contributed by atoms with Gasteiger partial charge in [-0.25, -0.2) is 4.79 Å². The molecule has 0 spiro atoms. The predicted molar refractivity (Wildman–Crippen MR) is 127 cm³/mol. The van der Waals surface area contributed by atoms with Gasteiger partial charge in [0.05, 0.1) is 24.9 Å². The third-order valence-electron chi connectivity index (χ3n) is 5.53. The van der Waals surface area contributed by atoms with Crippen LogP contribution < -0.4 is 15.7 Å². The maximum Gasteiger partial charge on any atom is 0.348 e. The lowest BCUT2D eigenvalue weighted by atomic mass is 9.99. The molecule has 0 bridgehead atoms. The van der Waals surface area contributed by atoms with Crippen LogP contribution in [0.1, 0.15) is 30.9 Å². The zero-order chi connectivity index (χ0) is 22.7. The number of anilines is 1. The number of carbonyl (C=O) groups is 1. The molecule has 1 N–H and O–H groups in total. The van der Waals surface area contributed by atoms with Gasteiger partial charge in [-0.1, -0.05) is 50.2 Å². The first-order valence-corrected chi connectivity index (χ1v) is 10.5. The Bertz CT molecular complexity index is 1320. The number of amides is 1. The molecule has 0 saturated carbocycles. The molecule has 32 heavy (non-hydrogen) atoms. The smallest absolute Gasteiger partial charge is 0.348 e. The summed E-state index contributed by atoms with van der Waals surface area (Å²) in [6, 6.07) is 21.2. The van der Waals surface area contributed by atoms with Gasteiger partial charge in [-0.2, -0.15) is 4.98 Å². The van der Waals surface area contributed by atoms with Crippen LogP contribution in [-0.2, 0) is 11.3 Å². The highest BCUT2D eigenvalue weighted by Gasteiger charge is 2.14. The number of hydrogen-bond donors (Lipinski definition) is 1. The summed E-state index contributed by atoms with van der Waals surface area (Å²) in [5.41, 5.74) is 4.73. The molecule has 0 unspecified atom stereocenters. The second-order valence-corrected chi connectivity index (χ2v) is 7.95. The number of fused-ring (bicyclic) bond motifs is 1. The minimum absolute atomic E-state index is 0.329. The first kappa shape index (κ1) is 21.3. The summed E-state index contributed by atoms with van der Waals surface area (Å²) in [6.45, 7) is 4.62. The van der Waals surface area contributed by atoms with Crippen molar-refractivity contribution in [2.75, 3.05) is 12.4 Å². The van der Waals surface area contributed by atoms with Crippen molar-refractivity contribution >= 4 is 23.0 Å². The first-order chi connectivity index (χ1) is 15.5. The summed E-state index contributed by atoms with van der Waals surface area (Å²) in [7, 11) is 1.62. The van der Waals surface area contributed by atoms with Crippen LogP contribution in [0.3, 0.4) is 0 Å². The standard InChI is InChI=1S/C26H25N3O3/c1-17(2)19-7-9-20(10-8-19)25-23-14-22(32-3)11-12-24(23)29(26(31)28-25)15-18-5-4-6-21(13-18)27-16-30/h4-14,16-17H,15H2,1-3H3,(H,27,30). The van der Waals surface area contributed by atoms with Gasteiger partial charge in [-0.05, 0) is 47.4 Å². The maximum atomic E-state index is 13.1. The highest BCUT2D eigenvalue weighted by molar-refractivity contribution is 5.93. The molecule has 1 heterocycles. The molecular weight excluding hydrogens is 402 g/mol. The number of hydrogen-bond acceptors (Lipinski definition) is 4. The topological polar surface area (TPSA) is 73.2 Å². The van der Waals surface area contributed by atoms with Crippen molar-refractivity contribution < 1.29 is 9.53 Å². The lowest BCUT2D eigenvalue weighted by molar-refractivity contribution is -0.105. The minimum Gasteiger partial charge on any atom is -0.497 e. The molecule has 162 valence electrons. The van der Waals surface area contributed by atoms with E-state index in [9.17, 15) is 9.59 Å². The van der Waals surface area contributed by atoms with E-state index in [0.717, 1.165) is 22.0 Å². The monoisotopic (exact) mass is 427 g/mol. The van der Waals surface area contributed by atoms with Crippen molar-refractivity contribution in [1.29, 1.82) is 0 Å². The molecule has 0 atom stereocenters. The van der Waals surface area contributed by atoms with Crippen LogP contribution >= 0.6 is 0 Å². The van der Waals surface area contributed by atoms with Crippen molar-refractivity contribution in [2.45, 2.75) is 26.3 Å². The molecule has 3 aromatic carbocycles. The third-order valence-corrected chi connectivity index (χ3v) is 5.53. The zero-order valence-electron chi connectivity index (χ0n) is 18.3.